The number of fused-ring (bicyclic) bond motifs is 1. The molecule has 0 radical (unpaired) electrons. The van der Waals surface area contributed by atoms with Gasteiger partial charge in [0.1, 0.15) is 0 Å². The third-order valence-electron chi connectivity index (χ3n) is 8.00. The van der Waals surface area contributed by atoms with E-state index >= 15 is 0 Å². The van der Waals surface area contributed by atoms with Crippen LogP contribution in [0.25, 0.3) is 33.7 Å². The summed E-state index contributed by atoms with van der Waals surface area (Å²) in [4.78, 5) is 14.6. The van der Waals surface area contributed by atoms with Gasteiger partial charge in [0, 0.05) is 33.9 Å². The fourth-order valence-electron chi connectivity index (χ4n) is 4.97. The molecule has 14 heteroatoms. The van der Waals surface area contributed by atoms with Gasteiger partial charge in [0.05, 0.1) is 34.3 Å². The van der Waals surface area contributed by atoms with Crippen LogP contribution in [0.15, 0.2) is 124 Å². The van der Waals surface area contributed by atoms with E-state index in [2.05, 4.69) is 20.0 Å². The van der Waals surface area contributed by atoms with Crippen molar-refractivity contribution >= 4 is 54.6 Å². The van der Waals surface area contributed by atoms with Crippen LogP contribution in [0.5, 0.6) is 0 Å². The van der Waals surface area contributed by atoms with Gasteiger partial charge in [-0.05, 0) is 97.6 Å². The summed E-state index contributed by atoms with van der Waals surface area (Å²) < 4.78 is 64.1. The summed E-state index contributed by atoms with van der Waals surface area (Å²) in [6.07, 6.45) is 5.00. The summed E-state index contributed by atoms with van der Waals surface area (Å²) in [5.41, 5.74) is 5.77. The van der Waals surface area contributed by atoms with Crippen molar-refractivity contribution in [3.63, 3.8) is 0 Å². The van der Waals surface area contributed by atoms with Crippen molar-refractivity contribution in [2.75, 3.05) is 13.4 Å². The molecule has 0 saturated carbocycles. The Morgan fingerprint density at radius 2 is 1.63 bits per heavy atom. The number of benzene rings is 4. The van der Waals surface area contributed by atoms with Gasteiger partial charge in [-0.2, -0.15) is 17.7 Å². The minimum absolute atomic E-state index is 0.0741. The summed E-state index contributed by atoms with van der Waals surface area (Å²) in [7, 11) is -5.93. The van der Waals surface area contributed by atoms with E-state index < -0.39 is 24.7 Å². The van der Waals surface area contributed by atoms with Crippen LogP contribution in [-0.2, 0) is 33.9 Å². The molecule has 4 aromatic carbocycles. The normalized spacial score (nSPS) is 12.4. The fraction of sp³-hybridized carbons (Fsp3) is 0.162. The molecule has 2 aromatic heterocycles. The molecule has 51 heavy (non-hydrogen) atoms. The number of rotatable bonds is 10. The molecule has 0 aliphatic heterocycles. The fourth-order valence-corrected chi connectivity index (χ4v) is 6.41. The third-order valence-corrected chi connectivity index (χ3v) is 11.6. The van der Waals surface area contributed by atoms with Crippen molar-refractivity contribution in [1.82, 2.24) is 15.1 Å². The van der Waals surface area contributed by atoms with E-state index in [1.54, 1.807) is 45.2 Å². The van der Waals surface area contributed by atoms with Gasteiger partial charge in [-0.1, -0.05) is 59.8 Å². The highest BCUT2D eigenvalue weighted by Crippen LogP contribution is 2.37. The predicted octanol–water partition coefficient (Wildman–Crippen LogP) is 7.98. The number of hydrogen-bond donors (Lipinski definition) is 1. The van der Waals surface area contributed by atoms with Gasteiger partial charge in [0.2, 0.25) is 0 Å². The first kappa shape index (κ1) is 37.6. The molecule has 0 bridgehead atoms. The van der Waals surface area contributed by atoms with E-state index in [-0.39, 0.29) is 4.90 Å². The number of sulfone groups is 1. The Kier molecular flexibility index (Phi) is 11.5. The van der Waals surface area contributed by atoms with E-state index in [0.29, 0.717) is 17.3 Å². The van der Waals surface area contributed by atoms with E-state index in [1.807, 2.05) is 78.9 Å². The largest absolute Gasteiger partial charge is 0.334 e. The first-order valence-corrected chi connectivity index (χ1v) is 19.5. The molecule has 6 rings (SSSR count). The van der Waals surface area contributed by atoms with Gasteiger partial charge in [-0.15, -0.1) is 0 Å². The molecule has 1 N–H and O–H groups in total. The first-order valence-electron chi connectivity index (χ1n) is 15.4. The highest BCUT2D eigenvalue weighted by molar-refractivity contribution is 7.94. The number of aryl methyl sites for hydroxylation is 1. The standard InChI is InChI=1S/C31H29N3O5S2.C6H6O3S/c1-20-33-30(38-34-20)28(22-11-13-26(14-12-22)40-39-37-4)17-21-8-6-9-23(16-21)27-19-25(31(2,3)41(5,35)36)18-24-10-7-15-32-29(24)27;7-10(8,9)6-4-2-1-3-5-6/h6-19H,1-5H3;1-5H,(H,7,8,9)/b28-17+;. The number of hydrogen-bond acceptors (Lipinski definition) is 11. The van der Waals surface area contributed by atoms with Gasteiger partial charge < -0.3 is 4.52 Å². The first-order chi connectivity index (χ1) is 24.2. The maximum Gasteiger partial charge on any atom is 0.294 e. The molecule has 0 unspecified atom stereocenters. The Hall–Kier alpha value is -4.70. The Morgan fingerprint density at radius 1 is 0.902 bits per heavy atom. The van der Waals surface area contributed by atoms with E-state index in [9.17, 15) is 16.8 Å². The molecule has 6 aromatic rings. The van der Waals surface area contributed by atoms with Crippen molar-refractivity contribution < 1.29 is 35.1 Å². The van der Waals surface area contributed by atoms with Gasteiger partial charge in [0.15, 0.2) is 15.7 Å². The minimum atomic E-state index is -4.00. The van der Waals surface area contributed by atoms with Crippen LogP contribution in [0.3, 0.4) is 0 Å². The van der Waals surface area contributed by atoms with Crippen molar-refractivity contribution in [2.45, 2.75) is 35.3 Å². The minimum Gasteiger partial charge on any atom is -0.334 e. The Labute approximate surface area is 301 Å². The summed E-state index contributed by atoms with van der Waals surface area (Å²) in [5, 5.41) is 4.86. The molecule has 2 heterocycles. The van der Waals surface area contributed by atoms with E-state index in [4.69, 9.17) is 13.4 Å². The maximum absolute atomic E-state index is 12.7. The lowest BCUT2D eigenvalue weighted by Crippen LogP contribution is -2.28. The van der Waals surface area contributed by atoms with E-state index in [0.717, 1.165) is 55.7 Å². The number of aromatic nitrogens is 3. The summed E-state index contributed by atoms with van der Waals surface area (Å²) in [6, 6.07) is 30.8. The Balaban J connectivity index is 0.000000435. The Morgan fingerprint density at radius 3 is 2.24 bits per heavy atom. The Bertz CT molecular complexity index is 2390. The monoisotopic (exact) mass is 745 g/mol. The zero-order valence-corrected chi connectivity index (χ0v) is 30.8. The van der Waals surface area contributed by atoms with Crippen LogP contribution in [0.2, 0.25) is 0 Å². The van der Waals surface area contributed by atoms with Crippen LogP contribution >= 0.6 is 12.0 Å². The van der Waals surface area contributed by atoms with Gasteiger partial charge in [0.25, 0.3) is 16.0 Å². The van der Waals surface area contributed by atoms with Crippen molar-refractivity contribution in [3.05, 3.63) is 138 Å². The lowest BCUT2D eigenvalue weighted by molar-refractivity contribution is -0.160. The molecule has 0 spiro atoms. The molecule has 0 aliphatic rings. The highest BCUT2D eigenvalue weighted by Gasteiger charge is 2.33. The molecule has 0 atom stereocenters. The highest BCUT2D eigenvalue weighted by atomic mass is 32.2. The molecule has 0 amide bonds. The SMILES string of the molecule is COOSc1ccc(/C(=C\c2cccc(-c3cc(C(C)(C)S(C)(=O)=O)cc4cccnc34)c2)c2nc(C)no2)cc1.O=S(=O)(O)c1ccccc1. The zero-order chi connectivity index (χ0) is 36.8. The van der Waals surface area contributed by atoms with Crippen molar-refractivity contribution in [3.8, 4) is 11.1 Å². The van der Waals surface area contributed by atoms with Gasteiger partial charge >= 0.3 is 0 Å². The lowest BCUT2D eigenvalue weighted by atomic mass is 9.92. The summed E-state index contributed by atoms with van der Waals surface area (Å²) >= 11 is 1.11. The van der Waals surface area contributed by atoms with E-state index in [1.165, 1.54) is 25.5 Å². The van der Waals surface area contributed by atoms with Gasteiger partial charge in [-0.3, -0.25) is 9.54 Å². The lowest BCUT2D eigenvalue weighted by Gasteiger charge is -2.24. The molecular formula is C37H35N3O8S3. The quantitative estimate of drug-likeness (QED) is 0.0474. The summed E-state index contributed by atoms with van der Waals surface area (Å²) in [5.74, 6) is 0.925. The van der Waals surface area contributed by atoms with Crippen molar-refractivity contribution in [1.29, 1.82) is 0 Å². The molecule has 0 aliphatic carbocycles. The summed E-state index contributed by atoms with van der Waals surface area (Å²) in [6.45, 7) is 5.23. The van der Waals surface area contributed by atoms with Crippen LogP contribution in [0.4, 0.5) is 0 Å². The zero-order valence-electron chi connectivity index (χ0n) is 28.3. The predicted molar refractivity (Wildman–Crippen MR) is 198 cm³/mol. The van der Waals surface area contributed by atoms with Gasteiger partial charge in [-0.25, -0.2) is 13.3 Å². The van der Waals surface area contributed by atoms with Crippen LogP contribution in [0, 0.1) is 6.92 Å². The second-order valence-corrected chi connectivity index (χ2v) is 16.6. The molecule has 264 valence electrons. The molecule has 0 saturated heterocycles. The van der Waals surface area contributed by atoms with Crippen LogP contribution < -0.4 is 0 Å². The number of pyridine rings is 1. The second kappa shape index (κ2) is 15.7. The number of nitrogens with zero attached hydrogens (tertiary/aromatic N) is 3. The van der Waals surface area contributed by atoms with Crippen molar-refractivity contribution in [2.24, 2.45) is 0 Å². The average Bonchev–Trinajstić information content (AvgIpc) is 3.55. The molecule has 0 fully saturated rings. The van der Waals surface area contributed by atoms with Crippen LogP contribution in [-0.4, -0.2) is 49.9 Å². The second-order valence-electron chi connectivity index (χ2n) is 11.8. The smallest absolute Gasteiger partial charge is 0.294 e. The molecule has 11 nitrogen and oxygen atoms in total. The molecular weight excluding hydrogens is 711 g/mol. The third kappa shape index (κ3) is 9.16. The maximum atomic E-state index is 12.7. The average molecular weight is 746 g/mol. The topological polar surface area (TPSA) is 159 Å². The van der Waals surface area contributed by atoms with Crippen LogP contribution in [0.1, 0.15) is 42.3 Å².